The van der Waals surface area contributed by atoms with E-state index in [0.29, 0.717) is 28.4 Å². The number of hydrogen-bond donors (Lipinski definition) is 3. The molecule has 5 N–H and O–H groups in total. The van der Waals surface area contributed by atoms with E-state index >= 15 is 0 Å². The summed E-state index contributed by atoms with van der Waals surface area (Å²) >= 11 is 12.5. The SMILES string of the molecule is NC=C(C=NC1CCNCC1)c1ccc(CN)c(OCc2c(Cl)cccc2Cl)c1. The maximum Gasteiger partial charge on any atom is 0.124 e. The molecule has 2 aromatic carbocycles. The molecule has 1 aliphatic heterocycles. The van der Waals surface area contributed by atoms with Gasteiger partial charge in [-0.25, -0.2) is 0 Å². The van der Waals surface area contributed by atoms with E-state index in [2.05, 4.69) is 5.32 Å². The van der Waals surface area contributed by atoms with E-state index in [4.69, 9.17) is 44.4 Å². The van der Waals surface area contributed by atoms with Crippen LogP contribution in [0.25, 0.3) is 5.57 Å². The van der Waals surface area contributed by atoms with Crippen LogP contribution in [0.1, 0.15) is 29.5 Å². The van der Waals surface area contributed by atoms with E-state index in [1.165, 1.54) is 0 Å². The highest BCUT2D eigenvalue weighted by molar-refractivity contribution is 6.35. The lowest BCUT2D eigenvalue weighted by Crippen LogP contribution is -2.29. The molecule has 0 saturated carbocycles. The Kier molecular flexibility index (Phi) is 7.95. The highest BCUT2D eigenvalue weighted by atomic mass is 35.5. The lowest BCUT2D eigenvalue weighted by Gasteiger charge is -2.19. The van der Waals surface area contributed by atoms with Crippen molar-refractivity contribution in [3.63, 3.8) is 0 Å². The number of nitrogens with two attached hydrogens (primary N) is 2. The van der Waals surface area contributed by atoms with Crippen molar-refractivity contribution in [3.05, 3.63) is 69.3 Å². The molecular weight excluding hydrogens is 407 g/mol. The fourth-order valence-electron chi connectivity index (χ4n) is 3.21. The lowest BCUT2D eigenvalue weighted by molar-refractivity contribution is 0.303. The van der Waals surface area contributed by atoms with Gasteiger partial charge in [-0.05, 0) is 49.7 Å². The molecule has 0 aromatic heterocycles. The van der Waals surface area contributed by atoms with Crippen LogP contribution in [0.15, 0.2) is 47.6 Å². The van der Waals surface area contributed by atoms with Gasteiger partial charge in [0, 0.05) is 45.7 Å². The molecule has 0 bridgehead atoms. The predicted molar refractivity (Wildman–Crippen MR) is 122 cm³/mol. The molecule has 0 atom stereocenters. The Morgan fingerprint density at radius 2 is 1.90 bits per heavy atom. The van der Waals surface area contributed by atoms with Crippen LogP contribution >= 0.6 is 23.2 Å². The van der Waals surface area contributed by atoms with Crippen molar-refractivity contribution in [2.75, 3.05) is 13.1 Å². The smallest absolute Gasteiger partial charge is 0.124 e. The number of nitrogens with zero attached hydrogens (tertiary/aromatic N) is 1. The molecule has 1 aliphatic rings. The Morgan fingerprint density at radius 1 is 1.17 bits per heavy atom. The van der Waals surface area contributed by atoms with Gasteiger partial charge >= 0.3 is 0 Å². The second-order valence-electron chi connectivity index (χ2n) is 6.90. The van der Waals surface area contributed by atoms with E-state index < -0.39 is 0 Å². The summed E-state index contributed by atoms with van der Waals surface area (Å²) in [6, 6.07) is 11.6. The summed E-state index contributed by atoms with van der Waals surface area (Å²) in [6.07, 6.45) is 5.49. The van der Waals surface area contributed by atoms with Gasteiger partial charge in [-0.15, -0.1) is 0 Å². The van der Waals surface area contributed by atoms with Crippen LogP contribution in [0.3, 0.4) is 0 Å². The van der Waals surface area contributed by atoms with Crippen LogP contribution in [0.2, 0.25) is 10.0 Å². The first kappa shape index (κ1) is 21.7. The molecule has 5 nitrogen and oxygen atoms in total. The summed E-state index contributed by atoms with van der Waals surface area (Å²) in [4.78, 5) is 4.71. The normalized spacial score (nSPS) is 15.8. The molecule has 2 aromatic rings. The third kappa shape index (κ3) is 5.73. The lowest BCUT2D eigenvalue weighted by atomic mass is 10.0. The van der Waals surface area contributed by atoms with Crippen molar-refractivity contribution >= 4 is 35.0 Å². The largest absolute Gasteiger partial charge is 0.488 e. The topological polar surface area (TPSA) is 85.7 Å². The zero-order valence-electron chi connectivity index (χ0n) is 16.2. The van der Waals surface area contributed by atoms with E-state index in [-0.39, 0.29) is 6.61 Å². The number of ether oxygens (including phenoxy) is 1. The van der Waals surface area contributed by atoms with E-state index in [0.717, 1.165) is 48.2 Å². The van der Waals surface area contributed by atoms with E-state index in [9.17, 15) is 0 Å². The molecule has 1 heterocycles. The Labute approximate surface area is 181 Å². The third-order valence-corrected chi connectivity index (χ3v) is 5.67. The molecular formula is C22H26Cl2N4O. The van der Waals surface area contributed by atoms with Crippen LogP contribution in [0.5, 0.6) is 5.75 Å². The second-order valence-corrected chi connectivity index (χ2v) is 7.71. The summed E-state index contributed by atoms with van der Waals surface area (Å²) in [5.41, 5.74) is 15.2. The molecule has 1 saturated heterocycles. The summed E-state index contributed by atoms with van der Waals surface area (Å²) in [6.45, 7) is 2.60. The molecule has 0 spiro atoms. The Balaban J connectivity index is 1.79. The van der Waals surface area contributed by atoms with Gasteiger partial charge < -0.3 is 21.5 Å². The molecule has 29 heavy (non-hydrogen) atoms. The monoisotopic (exact) mass is 432 g/mol. The first-order chi connectivity index (χ1) is 14.1. The third-order valence-electron chi connectivity index (χ3n) is 4.97. The van der Waals surface area contributed by atoms with E-state index in [1.54, 1.807) is 24.4 Å². The molecule has 0 aliphatic carbocycles. The number of halogens is 2. The maximum atomic E-state index is 6.25. The zero-order chi connectivity index (χ0) is 20.6. The van der Waals surface area contributed by atoms with Gasteiger partial charge in [0.25, 0.3) is 0 Å². The number of piperidine rings is 1. The van der Waals surface area contributed by atoms with Gasteiger partial charge in [-0.2, -0.15) is 0 Å². The molecule has 7 heteroatoms. The summed E-state index contributed by atoms with van der Waals surface area (Å²) in [5, 5.41) is 4.48. The van der Waals surface area contributed by atoms with Crippen LogP contribution < -0.4 is 21.5 Å². The summed E-state index contributed by atoms with van der Waals surface area (Å²) < 4.78 is 6.04. The number of rotatable bonds is 7. The Bertz CT molecular complexity index is 872. The van der Waals surface area contributed by atoms with Gasteiger partial charge in [-0.1, -0.05) is 41.4 Å². The van der Waals surface area contributed by atoms with Crippen molar-refractivity contribution in [2.45, 2.75) is 32.0 Å². The number of benzene rings is 2. The average molecular weight is 433 g/mol. The second kappa shape index (κ2) is 10.6. The average Bonchev–Trinajstić information content (AvgIpc) is 2.74. The number of allylic oxidation sites excluding steroid dienone is 1. The molecule has 0 amide bonds. The van der Waals surface area contributed by atoms with Crippen molar-refractivity contribution < 1.29 is 4.74 Å². The Hall–Kier alpha value is -2.05. The van der Waals surface area contributed by atoms with Crippen molar-refractivity contribution in [3.8, 4) is 5.75 Å². The zero-order valence-corrected chi connectivity index (χ0v) is 17.7. The molecule has 0 unspecified atom stereocenters. The highest BCUT2D eigenvalue weighted by Crippen LogP contribution is 2.29. The van der Waals surface area contributed by atoms with Gasteiger partial charge in [0.05, 0.1) is 6.04 Å². The summed E-state index contributed by atoms with van der Waals surface area (Å²) in [5.74, 6) is 0.676. The van der Waals surface area contributed by atoms with Crippen LogP contribution in [-0.4, -0.2) is 25.3 Å². The number of aliphatic imine (C=N–C) groups is 1. The quantitative estimate of drug-likeness (QED) is 0.573. The molecule has 3 rings (SSSR count). The van der Waals surface area contributed by atoms with Crippen molar-refractivity contribution in [1.82, 2.24) is 5.32 Å². The number of nitrogens with one attached hydrogen (secondary N) is 1. The van der Waals surface area contributed by atoms with Gasteiger partial charge in [0.15, 0.2) is 0 Å². The van der Waals surface area contributed by atoms with Crippen LogP contribution in [0.4, 0.5) is 0 Å². The fraction of sp³-hybridized carbons (Fsp3) is 0.318. The maximum absolute atomic E-state index is 6.25. The number of hydrogen-bond acceptors (Lipinski definition) is 5. The first-order valence-electron chi connectivity index (χ1n) is 9.67. The highest BCUT2D eigenvalue weighted by Gasteiger charge is 2.12. The van der Waals surface area contributed by atoms with Crippen molar-refractivity contribution in [2.24, 2.45) is 16.5 Å². The fourth-order valence-corrected chi connectivity index (χ4v) is 3.72. The van der Waals surface area contributed by atoms with Crippen LogP contribution in [0, 0.1) is 0 Å². The van der Waals surface area contributed by atoms with Gasteiger partial charge in [0.1, 0.15) is 12.4 Å². The van der Waals surface area contributed by atoms with Gasteiger partial charge in [0.2, 0.25) is 0 Å². The minimum atomic E-state index is 0.250. The van der Waals surface area contributed by atoms with Gasteiger partial charge in [-0.3, -0.25) is 4.99 Å². The molecule has 0 radical (unpaired) electrons. The van der Waals surface area contributed by atoms with Crippen LogP contribution in [-0.2, 0) is 13.2 Å². The predicted octanol–water partition coefficient (Wildman–Crippen LogP) is 4.15. The van der Waals surface area contributed by atoms with Crippen molar-refractivity contribution in [1.29, 1.82) is 0 Å². The standard InChI is InChI=1S/C22H26Cl2N4O/c23-20-2-1-3-21(24)19(20)14-29-22-10-15(4-5-16(22)11-25)17(12-26)13-28-18-6-8-27-9-7-18/h1-5,10,12-13,18,27H,6-9,11,14,25-26H2. The first-order valence-corrected chi connectivity index (χ1v) is 10.4. The minimum Gasteiger partial charge on any atom is -0.488 e. The Morgan fingerprint density at radius 3 is 2.55 bits per heavy atom. The molecule has 154 valence electrons. The van der Waals surface area contributed by atoms with E-state index in [1.807, 2.05) is 24.4 Å². The summed E-state index contributed by atoms with van der Waals surface area (Å²) in [7, 11) is 0. The minimum absolute atomic E-state index is 0.250. The molecule has 1 fully saturated rings.